The number of hydrogen-bond acceptors (Lipinski definition) is 5. The van der Waals surface area contributed by atoms with Gasteiger partial charge >= 0.3 is 6.03 Å². The second-order valence-electron chi connectivity index (χ2n) is 10.1. The zero-order valence-electron chi connectivity index (χ0n) is 20.1. The number of nitrogens with zero attached hydrogens (tertiary/aromatic N) is 3. The van der Waals surface area contributed by atoms with Crippen LogP contribution in [-0.2, 0) is 9.84 Å². The lowest BCUT2D eigenvalue weighted by atomic mass is 9.84. The first-order chi connectivity index (χ1) is 15.6. The maximum absolute atomic E-state index is 13.4. The van der Waals surface area contributed by atoms with Gasteiger partial charge in [0.15, 0.2) is 9.84 Å². The minimum Gasteiger partial charge on any atom is -0.496 e. The van der Waals surface area contributed by atoms with Crippen LogP contribution in [0.3, 0.4) is 0 Å². The lowest BCUT2D eigenvalue weighted by molar-refractivity contribution is 0.147. The summed E-state index contributed by atoms with van der Waals surface area (Å²) < 4.78 is 29.2. The van der Waals surface area contributed by atoms with Crippen molar-refractivity contribution in [1.29, 1.82) is 0 Å². The topological polar surface area (TPSA) is 70.2 Å². The van der Waals surface area contributed by atoms with Gasteiger partial charge in [-0.1, -0.05) is 45.0 Å². The Morgan fingerprint density at radius 3 is 2.24 bits per heavy atom. The highest BCUT2D eigenvalue weighted by Gasteiger charge is 2.38. The molecule has 2 aliphatic heterocycles. The molecule has 4 rings (SSSR count). The normalized spacial score (nSPS) is 21.7. The number of hydrogen-bond donors (Lipinski definition) is 0. The van der Waals surface area contributed by atoms with E-state index in [1.54, 1.807) is 12.0 Å². The van der Waals surface area contributed by atoms with E-state index in [1.807, 2.05) is 17.0 Å². The van der Waals surface area contributed by atoms with E-state index in [1.165, 1.54) is 0 Å². The molecule has 0 radical (unpaired) electrons. The van der Waals surface area contributed by atoms with Crippen LogP contribution in [0.4, 0.5) is 10.5 Å². The van der Waals surface area contributed by atoms with Gasteiger partial charge in [-0.3, -0.25) is 0 Å². The van der Waals surface area contributed by atoms with Gasteiger partial charge in [0.05, 0.1) is 24.7 Å². The molecule has 2 aromatic rings. The third-order valence-electron chi connectivity index (χ3n) is 6.87. The molecule has 2 heterocycles. The summed E-state index contributed by atoms with van der Waals surface area (Å²) in [4.78, 5) is 19.4. The summed E-state index contributed by atoms with van der Waals surface area (Å²) in [7, 11) is -1.33. The average Bonchev–Trinajstić information content (AvgIpc) is 3.01. The number of carbonyl (C=O) groups excluding carboxylic acids is 1. The molecule has 0 N–H and O–H groups in total. The highest BCUT2D eigenvalue weighted by atomic mass is 32.2. The molecule has 1 unspecified atom stereocenters. The fraction of sp³-hybridized carbons (Fsp3) is 0.560. The number of benzene rings is 2. The molecule has 2 fully saturated rings. The Bertz CT molecular complexity index is 1110. The number of anilines is 1. The number of urea groups is 1. The van der Waals surface area contributed by atoms with Crippen LogP contribution in [0.15, 0.2) is 36.4 Å². The molecule has 8 heteroatoms. The van der Waals surface area contributed by atoms with E-state index in [2.05, 4.69) is 49.9 Å². The summed E-state index contributed by atoms with van der Waals surface area (Å²) in [5.41, 5.74) is 1.08. The van der Waals surface area contributed by atoms with E-state index in [4.69, 9.17) is 4.74 Å². The Labute approximate surface area is 197 Å². The Morgan fingerprint density at radius 1 is 0.939 bits per heavy atom. The van der Waals surface area contributed by atoms with E-state index in [9.17, 15) is 13.2 Å². The molecule has 7 nitrogen and oxygen atoms in total. The van der Waals surface area contributed by atoms with E-state index in [0.29, 0.717) is 13.1 Å². The van der Waals surface area contributed by atoms with Crippen LogP contribution >= 0.6 is 0 Å². The predicted octanol–water partition coefficient (Wildman–Crippen LogP) is 3.63. The average molecular weight is 474 g/mol. The van der Waals surface area contributed by atoms with E-state index in [0.717, 1.165) is 35.2 Å². The molecule has 33 heavy (non-hydrogen) atoms. The summed E-state index contributed by atoms with van der Waals surface area (Å²) in [5.74, 6) is 0.965. The van der Waals surface area contributed by atoms with E-state index >= 15 is 0 Å². The fourth-order valence-corrected chi connectivity index (χ4v) is 6.18. The Hall–Kier alpha value is -2.48. The van der Waals surface area contributed by atoms with Crippen molar-refractivity contribution in [3.8, 4) is 5.75 Å². The van der Waals surface area contributed by atoms with Gasteiger partial charge in [0.25, 0.3) is 0 Å². The van der Waals surface area contributed by atoms with Crippen molar-refractivity contribution < 1.29 is 17.9 Å². The molecule has 0 saturated carbocycles. The summed E-state index contributed by atoms with van der Waals surface area (Å²) >= 11 is 0. The monoisotopic (exact) mass is 473 g/mol. The lowest BCUT2D eigenvalue weighted by Crippen LogP contribution is -2.54. The number of ether oxygens (including phenoxy) is 1. The molecule has 1 atom stereocenters. The van der Waals surface area contributed by atoms with Crippen LogP contribution < -0.4 is 9.64 Å². The minimum absolute atomic E-state index is 0.0411. The summed E-state index contributed by atoms with van der Waals surface area (Å²) in [6.45, 7) is 9.34. The van der Waals surface area contributed by atoms with E-state index < -0.39 is 9.84 Å². The van der Waals surface area contributed by atoms with Crippen LogP contribution in [0.25, 0.3) is 10.8 Å². The van der Waals surface area contributed by atoms with Crippen LogP contribution in [0.2, 0.25) is 0 Å². The maximum atomic E-state index is 13.4. The number of methoxy groups -OCH3 is 1. The highest BCUT2D eigenvalue weighted by molar-refractivity contribution is 7.91. The maximum Gasteiger partial charge on any atom is 0.320 e. The van der Waals surface area contributed by atoms with Crippen molar-refractivity contribution in [1.82, 2.24) is 9.80 Å². The van der Waals surface area contributed by atoms with Gasteiger partial charge in [-0.25, -0.2) is 13.2 Å². The van der Waals surface area contributed by atoms with Gasteiger partial charge in [-0.05, 0) is 24.0 Å². The lowest BCUT2D eigenvalue weighted by Gasteiger charge is -2.43. The van der Waals surface area contributed by atoms with Gasteiger partial charge in [0, 0.05) is 49.2 Å². The van der Waals surface area contributed by atoms with Crippen molar-refractivity contribution >= 4 is 32.3 Å². The molecule has 0 aliphatic carbocycles. The molecular weight excluding hydrogens is 438 g/mol. The molecule has 180 valence electrons. The molecule has 2 aliphatic rings. The standard InChI is InChI=1S/C25H35N3O4S/c1-25(2,3)23-18-27(24(29)26-14-16-33(30,31)17-15-26)12-7-13-28(23)21-10-11-22(32-4)20-9-6-5-8-19(20)21/h5-6,8-11,23H,7,12-18H2,1-4H3. The van der Waals surface area contributed by atoms with Crippen molar-refractivity contribution in [3.05, 3.63) is 36.4 Å². The number of carbonyl (C=O) groups is 1. The molecule has 0 spiro atoms. The van der Waals surface area contributed by atoms with Crippen LogP contribution in [0.5, 0.6) is 5.75 Å². The second-order valence-corrected chi connectivity index (χ2v) is 12.4. The van der Waals surface area contributed by atoms with Crippen LogP contribution in [-0.4, -0.2) is 81.6 Å². The second kappa shape index (κ2) is 9.05. The molecule has 0 aromatic heterocycles. The zero-order chi connectivity index (χ0) is 23.8. The quantitative estimate of drug-likeness (QED) is 0.666. The van der Waals surface area contributed by atoms with Gasteiger partial charge < -0.3 is 19.4 Å². The molecule has 2 aromatic carbocycles. The largest absolute Gasteiger partial charge is 0.496 e. The van der Waals surface area contributed by atoms with Gasteiger partial charge in [0.2, 0.25) is 0 Å². The number of rotatable bonds is 2. The highest BCUT2D eigenvalue weighted by Crippen LogP contribution is 2.38. The first-order valence-electron chi connectivity index (χ1n) is 11.7. The van der Waals surface area contributed by atoms with E-state index in [-0.39, 0.29) is 42.1 Å². The third-order valence-corrected chi connectivity index (χ3v) is 8.48. The molecular formula is C25H35N3O4S. The van der Waals surface area contributed by atoms with Crippen molar-refractivity contribution in [2.75, 3.05) is 56.2 Å². The minimum atomic E-state index is -3.02. The number of fused-ring (bicyclic) bond motifs is 1. The zero-order valence-corrected chi connectivity index (χ0v) is 20.9. The third kappa shape index (κ3) is 4.90. The Morgan fingerprint density at radius 2 is 1.61 bits per heavy atom. The Kier molecular flexibility index (Phi) is 6.49. The van der Waals surface area contributed by atoms with Gasteiger partial charge in [0.1, 0.15) is 5.75 Å². The first kappa shape index (κ1) is 23.7. The van der Waals surface area contributed by atoms with Crippen molar-refractivity contribution in [3.63, 3.8) is 0 Å². The van der Waals surface area contributed by atoms with Crippen LogP contribution in [0, 0.1) is 5.41 Å². The molecule has 0 bridgehead atoms. The first-order valence-corrected chi connectivity index (χ1v) is 13.5. The summed E-state index contributed by atoms with van der Waals surface area (Å²) in [6, 6.07) is 12.5. The van der Waals surface area contributed by atoms with Crippen molar-refractivity contribution in [2.45, 2.75) is 33.2 Å². The molecule has 2 amide bonds. The predicted molar refractivity (Wildman–Crippen MR) is 133 cm³/mol. The summed E-state index contributed by atoms with van der Waals surface area (Å²) in [6.07, 6.45) is 0.852. The van der Waals surface area contributed by atoms with Gasteiger partial charge in [-0.2, -0.15) is 0 Å². The number of sulfone groups is 1. The Balaban J connectivity index is 1.65. The SMILES string of the molecule is COc1ccc(N2CCCN(C(=O)N3CCS(=O)(=O)CC3)CC2C(C)(C)C)c2ccccc12. The van der Waals surface area contributed by atoms with Gasteiger partial charge in [-0.15, -0.1) is 0 Å². The summed E-state index contributed by atoms with van der Waals surface area (Å²) in [5, 5.41) is 2.23. The molecule has 2 saturated heterocycles. The smallest absolute Gasteiger partial charge is 0.320 e. The fourth-order valence-electron chi connectivity index (χ4n) is 4.98. The van der Waals surface area contributed by atoms with Crippen LogP contribution in [0.1, 0.15) is 27.2 Å². The number of amides is 2. The van der Waals surface area contributed by atoms with Crippen molar-refractivity contribution in [2.24, 2.45) is 5.41 Å².